The van der Waals surface area contributed by atoms with Crippen LogP contribution in [0.5, 0.6) is 0 Å². The molecule has 1 N–H and O–H groups in total. The predicted octanol–water partition coefficient (Wildman–Crippen LogP) is 3.33. The average Bonchev–Trinajstić information content (AvgIpc) is 2.63. The number of fused-ring (bicyclic) bond motifs is 1. The third-order valence-corrected chi connectivity index (χ3v) is 5.20. The van der Waals surface area contributed by atoms with Crippen LogP contribution in [-0.2, 0) is 9.53 Å². The largest absolute Gasteiger partial charge is 0.451 e. The topological polar surface area (TPSA) is 68.3 Å². The summed E-state index contributed by atoms with van der Waals surface area (Å²) in [7, 11) is 0. The Morgan fingerprint density at radius 1 is 1.16 bits per heavy atom. The number of ether oxygens (including phenoxy) is 1. The van der Waals surface area contributed by atoms with Crippen LogP contribution in [0, 0.1) is 11.8 Å². The molecule has 1 aliphatic carbocycles. The van der Waals surface area contributed by atoms with Gasteiger partial charge in [-0.25, -0.2) is 9.78 Å². The third-order valence-electron chi connectivity index (χ3n) is 5.20. The average molecular weight is 340 g/mol. The molecular weight excluding hydrogens is 316 g/mol. The van der Waals surface area contributed by atoms with Gasteiger partial charge >= 0.3 is 5.97 Å². The molecule has 3 atom stereocenters. The SMILES string of the molecule is C[C@@H]1[C@H](C)CCC[C@@H]1NC(=O)COC(=O)c1ccc2ccccc2n1. The smallest absolute Gasteiger partial charge is 0.357 e. The highest BCUT2D eigenvalue weighted by Crippen LogP contribution is 2.29. The summed E-state index contributed by atoms with van der Waals surface area (Å²) < 4.78 is 5.13. The molecule has 1 fully saturated rings. The first-order valence-electron chi connectivity index (χ1n) is 8.87. The first-order valence-corrected chi connectivity index (χ1v) is 8.87. The van der Waals surface area contributed by atoms with Gasteiger partial charge in [-0.15, -0.1) is 0 Å². The molecule has 5 heteroatoms. The number of nitrogens with one attached hydrogen (secondary N) is 1. The van der Waals surface area contributed by atoms with Crippen molar-refractivity contribution in [1.29, 1.82) is 0 Å². The molecule has 2 aromatic rings. The standard InChI is InChI=1S/C20H24N2O3/c1-13-6-5-9-16(14(13)2)22-19(23)12-25-20(24)18-11-10-15-7-3-4-8-17(15)21-18/h3-4,7-8,10-11,13-14,16H,5-6,9,12H2,1-2H3,(H,22,23)/t13-,14-,16+/m1/s1. The summed E-state index contributed by atoms with van der Waals surface area (Å²) in [5, 5.41) is 3.95. The van der Waals surface area contributed by atoms with Crippen LogP contribution in [0.25, 0.3) is 10.9 Å². The molecule has 0 radical (unpaired) electrons. The van der Waals surface area contributed by atoms with Crippen molar-refractivity contribution >= 4 is 22.8 Å². The number of esters is 1. The molecule has 1 heterocycles. The lowest BCUT2D eigenvalue weighted by Crippen LogP contribution is -2.45. The van der Waals surface area contributed by atoms with Gasteiger partial charge in [0, 0.05) is 11.4 Å². The second-order valence-corrected chi connectivity index (χ2v) is 6.91. The number of benzene rings is 1. The van der Waals surface area contributed by atoms with Crippen molar-refractivity contribution < 1.29 is 14.3 Å². The molecule has 1 aliphatic rings. The second kappa shape index (κ2) is 7.64. The van der Waals surface area contributed by atoms with Gasteiger partial charge in [-0.1, -0.05) is 51.0 Å². The molecule has 0 bridgehead atoms. The number of nitrogens with zero attached hydrogens (tertiary/aromatic N) is 1. The van der Waals surface area contributed by atoms with Crippen LogP contribution in [0.1, 0.15) is 43.6 Å². The Balaban J connectivity index is 1.55. The number of rotatable bonds is 4. The second-order valence-electron chi connectivity index (χ2n) is 6.91. The number of hydrogen-bond donors (Lipinski definition) is 1. The zero-order valence-corrected chi connectivity index (χ0v) is 14.7. The van der Waals surface area contributed by atoms with E-state index in [-0.39, 0.29) is 24.2 Å². The summed E-state index contributed by atoms with van der Waals surface area (Å²) in [6, 6.07) is 11.1. The Labute approximate surface area is 147 Å². The molecular formula is C20H24N2O3. The van der Waals surface area contributed by atoms with E-state index in [0.717, 1.165) is 23.7 Å². The highest BCUT2D eigenvalue weighted by molar-refractivity contribution is 5.92. The molecule has 0 spiro atoms. The summed E-state index contributed by atoms with van der Waals surface area (Å²) >= 11 is 0. The number of pyridine rings is 1. The number of carbonyl (C=O) groups excluding carboxylic acids is 2. The van der Waals surface area contributed by atoms with E-state index in [1.807, 2.05) is 30.3 Å². The fourth-order valence-corrected chi connectivity index (χ4v) is 3.42. The first-order chi connectivity index (χ1) is 12.0. The maximum atomic E-state index is 12.1. The van der Waals surface area contributed by atoms with Crippen molar-refractivity contribution in [3.8, 4) is 0 Å². The quantitative estimate of drug-likeness (QED) is 0.867. The minimum absolute atomic E-state index is 0.161. The monoisotopic (exact) mass is 340 g/mol. The minimum atomic E-state index is -0.578. The maximum Gasteiger partial charge on any atom is 0.357 e. The first kappa shape index (κ1) is 17.4. The Hall–Kier alpha value is -2.43. The Kier molecular flexibility index (Phi) is 5.31. The van der Waals surface area contributed by atoms with Crippen LogP contribution in [0.2, 0.25) is 0 Å². The molecule has 0 aliphatic heterocycles. The summed E-state index contributed by atoms with van der Waals surface area (Å²) in [5.41, 5.74) is 0.942. The molecule has 1 amide bonds. The zero-order chi connectivity index (χ0) is 17.8. The van der Waals surface area contributed by atoms with Crippen molar-refractivity contribution in [1.82, 2.24) is 10.3 Å². The van der Waals surface area contributed by atoms with Gasteiger partial charge in [-0.3, -0.25) is 4.79 Å². The van der Waals surface area contributed by atoms with Crippen molar-refractivity contribution in [3.63, 3.8) is 0 Å². The van der Waals surface area contributed by atoms with Gasteiger partial charge in [0.2, 0.25) is 0 Å². The molecule has 5 nitrogen and oxygen atoms in total. The predicted molar refractivity (Wildman–Crippen MR) is 96.1 cm³/mol. The highest BCUT2D eigenvalue weighted by Gasteiger charge is 2.28. The van der Waals surface area contributed by atoms with Crippen molar-refractivity contribution in [3.05, 3.63) is 42.1 Å². The van der Waals surface area contributed by atoms with Gasteiger partial charge < -0.3 is 10.1 Å². The summed E-state index contributed by atoms with van der Waals surface area (Å²) in [5.74, 6) is 0.213. The van der Waals surface area contributed by atoms with Gasteiger partial charge in [-0.2, -0.15) is 0 Å². The molecule has 1 aromatic heterocycles. The lowest BCUT2D eigenvalue weighted by atomic mass is 9.78. The van der Waals surface area contributed by atoms with Gasteiger partial charge in [0.1, 0.15) is 5.69 Å². The minimum Gasteiger partial charge on any atom is -0.451 e. The summed E-state index contributed by atoms with van der Waals surface area (Å²) in [4.78, 5) is 28.5. The van der Waals surface area contributed by atoms with E-state index < -0.39 is 5.97 Å². The number of amides is 1. The van der Waals surface area contributed by atoms with Crippen LogP contribution in [0.4, 0.5) is 0 Å². The Bertz CT molecular complexity index is 774. The van der Waals surface area contributed by atoms with Gasteiger partial charge in [-0.05, 0) is 30.4 Å². The van der Waals surface area contributed by atoms with Crippen LogP contribution >= 0.6 is 0 Å². The highest BCUT2D eigenvalue weighted by atomic mass is 16.5. The molecule has 0 unspecified atom stereocenters. The molecule has 1 saturated carbocycles. The van der Waals surface area contributed by atoms with Crippen LogP contribution in [0.15, 0.2) is 36.4 Å². The van der Waals surface area contributed by atoms with Crippen molar-refractivity contribution in [2.75, 3.05) is 6.61 Å². The fraction of sp³-hybridized carbons (Fsp3) is 0.450. The lowest BCUT2D eigenvalue weighted by molar-refractivity contribution is -0.125. The summed E-state index contributed by atoms with van der Waals surface area (Å²) in [6.07, 6.45) is 3.31. The van der Waals surface area contributed by atoms with Crippen LogP contribution < -0.4 is 5.32 Å². The number of hydrogen-bond acceptors (Lipinski definition) is 4. The number of carbonyl (C=O) groups is 2. The molecule has 0 saturated heterocycles. The Morgan fingerprint density at radius 2 is 1.96 bits per heavy atom. The van der Waals surface area contributed by atoms with Crippen LogP contribution in [-0.4, -0.2) is 29.5 Å². The molecule has 3 rings (SSSR count). The molecule has 25 heavy (non-hydrogen) atoms. The third kappa shape index (κ3) is 4.16. The van der Waals surface area contributed by atoms with E-state index in [1.165, 1.54) is 6.42 Å². The fourth-order valence-electron chi connectivity index (χ4n) is 3.42. The van der Waals surface area contributed by atoms with Crippen molar-refractivity contribution in [2.24, 2.45) is 11.8 Å². The maximum absolute atomic E-state index is 12.1. The molecule has 1 aromatic carbocycles. The summed E-state index contributed by atoms with van der Waals surface area (Å²) in [6.45, 7) is 4.11. The lowest BCUT2D eigenvalue weighted by Gasteiger charge is -2.34. The van der Waals surface area contributed by atoms with E-state index in [0.29, 0.717) is 11.8 Å². The van der Waals surface area contributed by atoms with Gasteiger partial charge in [0.05, 0.1) is 5.52 Å². The van der Waals surface area contributed by atoms with E-state index >= 15 is 0 Å². The van der Waals surface area contributed by atoms with Gasteiger partial charge in [0.25, 0.3) is 5.91 Å². The van der Waals surface area contributed by atoms with E-state index in [2.05, 4.69) is 24.1 Å². The van der Waals surface area contributed by atoms with E-state index in [4.69, 9.17) is 4.74 Å². The van der Waals surface area contributed by atoms with Crippen LogP contribution in [0.3, 0.4) is 0 Å². The van der Waals surface area contributed by atoms with Gasteiger partial charge in [0.15, 0.2) is 6.61 Å². The van der Waals surface area contributed by atoms with Crippen molar-refractivity contribution in [2.45, 2.75) is 39.2 Å². The Morgan fingerprint density at radius 3 is 2.80 bits per heavy atom. The number of aromatic nitrogens is 1. The van der Waals surface area contributed by atoms with E-state index in [9.17, 15) is 9.59 Å². The normalized spacial score (nSPS) is 23.2. The number of para-hydroxylation sites is 1. The molecule has 132 valence electrons. The van der Waals surface area contributed by atoms with E-state index in [1.54, 1.807) is 6.07 Å². The zero-order valence-electron chi connectivity index (χ0n) is 14.7.